The number of hydrogen-bond acceptors (Lipinski definition) is 2. The van der Waals surface area contributed by atoms with E-state index in [4.69, 9.17) is 0 Å². The Balaban J connectivity index is 2.16. The monoisotopic (exact) mass is 204 g/mol. The van der Waals surface area contributed by atoms with Gasteiger partial charge in [-0.25, -0.2) is 4.98 Å². The fraction of sp³-hybridized carbons (Fsp3) is 0.615. The molecule has 0 amide bonds. The molecule has 2 rings (SSSR count). The van der Waals surface area contributed by atoms with Gasteiger partial charge >= 0.3 is 0 Å². The molecular weight excluding hydrogens is 184 g/mol. The average molecular weight is 204 g/mol. The molecule has 1 aliphatic rings. The molecule has 0 aliphatic carbocycles. The Hall–Kier alpha value is -1.05. The highest BCUT2D eigenvalue weighted by Gasteiger charge is 2.21. The van der Waals surface area contributed by atoms with Crippen molar-refractivity contribution in [1.29, 1.82) is 0 Å². The van der Waals surface area contributed by atoms with E-state index in [1.54, 1.807) is 0 Å². The van der Waals surface area contributed by atoms with E-state index in [1.165, 1.54) is 18.4 Å². The average Bonchev–Trinajstić information content (AvgIpc) is 2.65. The van der Waals surface area contributed by atoms with Crippen molar-refractivity contribution in [2.45, 2.75) is 45.6 Å². The highest BCUT2D eigenvalue weighted by Crippen LogP contribution is 2.24. The van der Waals surface area contributed by atoms with Crippen LogP contribution in [0.1, 0.15) is 45.1 Å². The zero-order chi connectivity index (χ0) is 10.8. The molecule has 2 nitrogen and oxygen atoms in total. The van der Waals surface area contributed by atoms with Crippen molar-refractivity contribution in [3.05, 3.63) is 23.9 Å². The van der Waals surface area contributed by atoms with E-state index in [0.717, 1.165) is 12.4 Å². The lowest BCUT2D eigenvalue weighted by atomic mass is 10.1. The molecule has 1 saturated heterocycles. The van der Waals surface area contributed by atoms with Crippen LogP contribution in [0.25, 0.3) is 0 Å². The molecule has 0 radical (unpaired) electrons. The quantitative estimate of drug-likeness (QED) is 0.735. The van der Waals surface area contributed by atoms with Crippen molar-refractivity contribution in [2.24, 2.45) is 0 Å². The molecule has 1 aliphatic heterocycles. The second kappa shape index (κ2) is 4.21. The molecule has 0 spiro atoms. The van der Waals surface area contributed by atoms with Crippen LogP contribution < -0.4 is 4.90 Å². The largest absolute Gasteiger partial charge is 0.354 e. The van der Waals surface area contributed by atoms with E-state index in [1.807, 2.05) is 6.20 Å². The van der Waals surface area contributed by atoms with Gasteiger partial charge in [0.2, 0.25) is 0 Å². The summed E-state index contributed by atoms with van der Waals surface area (Å²) in [5, 5.41) is 0. The lowest BCUT2D eigenvalue weighted by molar-refractivity contribution is 0.726. The molecule has 1 aromatic rings. The van der Waals surface area contributed by atoms with Gasteiger partial charge < -0.3 is 4.90 Å². The summed E-state index contributed by atoms with van der Waals surface area (Å²) in [6.45, 7) is 7.85. The topological polar surface area (TPSA) is 16.1 Å². The predicted molar refractivity (Wildman–Crippen MR) is 64.4 cm³/mol. The summed E-state index contributed by atoms with van der Waals surface area (Å²) in [5.41, 5.74) is 1.32. The first kappa shape index (κ1) is 10.5. The summed E-state index contributed by atoms with van der Waals surface area (Å²) in [6.07, 6.45) is 4.62. The standard InChI is InChI=1S/C13H20N2/c1-10(2)12-6-7-13(14-9-12)15-8-4-5-11(15)3/h6-7,9-11H,4-5,8H2,1-3H3/t11-/m1/s1. The summed E-state index contributed by atoms with van der Waals surface area (Å²) in [4.78, 5) is 6.97. The maximum atomic E-state index is 4.56. The smallest absolute Gasteiger partial charge is 0.128 e. The number of anilines is 1. The van der Waals surface area contributed by atoms with Crippen LogP contribution in [0.15, 0.2) is 18.3 Å². The minimum atomic E-state index is 0.572. The van der Waals surface area contributed by atoms with Gasteiger partial charge in [0.25, 0.3) is 0 Å². The molecule has 1 atom stereocenters. The van der Waals surface area contributed by atoms with Crippen molar-refractivity contribution in [3.8, 4) is 0 Å². The van der Waals surface area contributed by atoms with Gasteiger partial charge in [-0.2, -0.15) is 0 Å². The minimum Gasteiger partial charge on any atom is -0.354 e. The Labute approximate surface area is 92.3 Å². The number of pyridine rings is 1. The fourth-order valence-corrected chi connectivity index (χ4v) is 2.18. The first-order valence-electron chi connectivity index (χ1n) is 5.91. The highest BCUT2D eigenvalue weighted by molar-refractivity contribution is 5.41. The fourth-order valence-electron chi connectivity index (χ4n) is 2.18. The zero-order valence-corrected chi connectivity index (χ0v) is 9.90. The Morgan fingerprint density at radius 2 is 2.20 bits per heavy atom. The predicted octanol–water partition coefficient (Wildman–Crippen LogP) is 3.19. The SMILES string of the molecule is CC(C)c1ccc(N2CCC[C@H]2C)nc1. The summed E-state index contributed by atoms with van der Waals surface area (Å²) < 4.78 is 0. The van der Waals surface area contributed by atoms with Crippen molar-refractivity contribution < 1.29 is 0 Å². The van der Waals surface area contributed by atoms with Crippen LogP contribution in [-0.2, 0) is 0 Å². The van der Waals surface area contributed by atoms with Gasteiger partial charge in [0.15, 0.2) is 0 Å². The van der Waals surface area contributed by atoms with Crippen molar-refractivity contribution in [3.63, 3.8) is 0 Å². The van der Waals surface area contributed by atoms with Crippen LogP contribution in [0.2, 0.25) is 0 Å². The van der Waals surface area contributed by atoms with Crippen LogP contribution in [0.3, 0.4) is 0 Å². The van der Waals surface area contributed by atoms with Crippen molar-refractivity contribution >= 4 is 5.82 Å². The van der Waals surface area contributed by atoms with E-state index in [9.17, 15) is 0 Å². The molecular formula is C13H20N2. The normalized spacial score (nSPS) is 21.3. The van der Waals surface area contributed by atoms with Gasteiger partial charge in [-0.1, -0.05) is 19.9 Å². The Bertz CT molecular complexity index is 316. The summed E-state index contributed by atoms with van der Waals surface area (Å²) in [7, 11) is 0. The molecule has 0 N–H and O–H groups in total. The number of hydrogen-bond donors (Lipinski definition) is 0. The maximum absolute atomic E-state index is 4.56. The van der Waals surface area contributed by atoms with E-state index in [2.05, 4.69) is 42.8 Å². The number of rotatable bonds is 2. The molecule has 0 aromatic carbocycles. The van der Waals surface area contributed by atoms with E-state index in [-0.39, 0.29) is 0 Å². The Morgan fingerprint density at radius 3 is 2.67 bits per heavy atom. The highest BCUT2D eigenvalue weighted by atomic mass is 15.2. The Kier molecular flexibility index (Phi) is 2.94. The first-order valence-corrected chi connectivity index (χ1v) is 5.91. The van der Waals surface area contributed by atoms with Crippen molar-refractivity contribution in [2.75, 3.05) is 11.4 Å². The van der Waals surface area contributed by atoms with Crippen LogP contribution in [0.4, 0.5) is 5.82 Å². The van der Waals surface area contributed by atoms with Crippen LogP contribution in [0.5, 0.6) is 0 Å². The first-order chi connectivity index (χ1) is 7.18. The van der Waals surface area contributed by atoms with Gasteiger partial charge in [0.05, 0.1) is 0 Å². The molecule has 2 heteroatoms. The third kappa shape index (κ3) is 2.14. The van der Waals surface area contributed by atoms with Crippen LogP contribution in [0, 0.1) is 0 Å². The molecule has 1 fully saturated rings. The number of nitrogens with zero attached hydrogens (tertiary/aromatic N) is 2. The molecule has 2 heterocycles. The molecule has 82 valence electrons. The number of aromatic nitrogens is 1. The summed E-state index contributed by atoms with van der Waals surface area (Å²) >= 11 is 0. The van der Waals surface area contributed by atoms with Crippen LogP contribution in [-0.4, -0.2) is 17.6 Å². The molecule has 1 aromatic heterocycles. The second-order valence-corrected chi connectivity index (χ2v) is 4.79. The molecule has 0 saturated carbocycles. The van der Waals surface area contributed by atoms with Crippen molar-refractivity contribution in [1.82, 2.24) is 4.98 Å². The molecule has 0 bridgehead atoms. The third-order valence-corrected chi connectivity index (χ3v) is 3.28. The van der Waals surface area contributed by atoms with Gasteiger partial charge in [-0.05, 0) is 37.3 Å². The summed E-state index contributed by atoms with van der Waals surface area (Å²) in [5.74, 6) is 1.71. The van der Waals surface area contributed by atoms with E-state index < -0.39 is 0 Å². The van der Waals surface area contributed by atoms with Gasteiger partial charge in [0, 0.05) is 18.8 Å². The van der Waals surface area contributed by atoms with E-state index in [0.29, 0.717) is 12.0 Å². The van der Waals surface area contributed by atoms with Gasteiger partial charge in [-0.3, -0.25) is 0 Å². The summed E-state index contributed by atoms with van der Waals surface area (Å²) in [6, 6.07) is 5.03. The lowest BCUT2D eigenvalue weighted by Gasteiger charge is -2.22. The third-order valence-electron chi connectivity index (χ3n) is 3.28. The lowest BCUT2D eigenvalue weighted by Crippen LogP contribution is -2.27. The second-order valence-electron chi connectivity index (χ2n) is 4.79. The Morgan fingerprint density at radius 1 is 1.40 bits per heavy atom. The zero-order valence-electron chi connectivity index (χ0n) is 9.90. The molecule has 15 heavy (non-hydrogen) atoms. The molecule has 0 unspecified atom stereocenters. The maximum Gasteiger partial charge on any atom is 0.128 e. The van der Waals surface area contributed by atoms with E-state index >= 15 is 0 Å². The van der Waals surface area contributed by atoms with Gasteiger partial charge in [0.1, 0.15) is 5.82 Å². The van der Waals surface area contributed by atoms with Crippen LogP contribution >= 0.6 is 0 Å². The van der Waals surface area contributed by atoms with Gasteiger partial charge in [-0.15, -0.1) is 0 Å². The minimum absolute atomic E-state index is 0.572.